The summed E-state index contributed by atoms with van der Waals surface area (Å²) in [4.78, 5) is 34.6. The Kier molecular flexibility index (Phi) is 5.73. The maximum Gasteiger partial charge on any atom is 0.246 e. The van der Waals surface area contributed by atoms with E-state index in [4.69, 9.17) is 0 Å². The predicted octanol–water partition coefficient (Wildman–Crippen LogP) is 2.68. The number of hydrogen-bond acceptors (Lipinski definition) is 4. The maximum absolute atomic E-state index is 12.4. The second kappa shape index (κ2) is 8.38. The summed E-state index contributed by atoms with van der Waals surface area (Å²) in [5.41, 5.74) is 1.94. The molecule has 1 N–H and O–H groups in total. The number of rotatable bonds is 4. The fourth-order valence-corrected chi connectivity index (χ4v) is 2.94. The summed E-state index contributed by atoms with van der Waals surface area (Å²) in [5, 5.41) is 2.87. The molecule has 134 valence electrons. The molecule has 0 spiro atoms. The van der Waals surface area contributed by atoms with Crippen molar-refractivity contribution in [3.63, 3.8) is 0 Å². The van der Waals surface area contributed by atoms with Crippen LogP contribution < -0.4 is 5.32 Å². The Hall–Kier alpha value is -3.02. The van der Waals surface area contributed by atoms with Crippen molar-refractivity contribution in [1.82, 2.24) is 14.9 Å². The van der Waals surface area contributed by atoms with Crippen LogP contribution in [0.1, 0.15) is 24.0 Å². The first kappa shape index (κ1) is 17.8. The van der Waals surface area contributed by atoms with Crippen molar-refractivity contribution in [3.8, 4) is 0 Å². The van der Waals surface area contributed by atoms with Crippen molar-refractivity contribution >= 4 is 23.7 Å². The Balaban J connectivity index is 1.49. The third-order valence-electron chi connectivity index (χ3n) is 4.45. The molecule has 1 aliphatic rings. The van der Waals surface area contributed by atoms with Gasteiger partial charge in [-0.3, -0.25) is 14.6 Å². The summed E-state index contributed by atoms with van der Waals surface area (Å²) >= 11 is 0. The number of aromatic nitrogens is 2. The van der Waals surface area contributed by atoms with Crippen molar-refractivity contribution in [2.24, 2.45) is 5.92 Å². The molecule has 0 atom stereocenters. The van der Waals surface area contributed by atoms with Crippen molar-refractivity contribution in [3.05, 3.63) is 60.1 Å². The third-order valence-corrected chi connectivity index (χ3v) is 4.45. The zero-order valence-corrected chi connectivity index (χ0v) is 14.8. The molecule has 2 amide bonds. The Bertz CT molecular complexity index is 796. The van der Waals surface area contributed by atoms with E-state index in [1.54, 1.807) is 35.6 Å². The number of nitrogens with zero attached hydrogens (tertiary/aromatic N) is 3. The number of aryl methyl sites for hydroxylation is 1. The highest BCUT2D eigenvalue weighted by molar-refractivity contribution is 5.93. The minimum Gasteiger partial charge on any atom is -0.339 e. The lowest BCUT2D eigenvalue weighted by Gasteiger charge is -2.30. The Morgan fingerprint density at radius 2 is 2.04 bits per heavy atom. The molecule has 0 radical (unpaired) electrons. The molecule has 6 heteroatoms. The predicted molar refractivity (Wildman–Crippen MR) is 100 cm³/mol. The van der Waals surface area contributed by atoms with E-state index in [0.29, 0.717) is 31.7 Å². The number of hydrogen-bond donors (Lipinski definition) is 1. The molecule has 0 unspecified atom stereocenters. The maximum atomic E-state index is 12.4. The number of carbonyl (C=O) groups is 2. The van der Waals surface area contributed by atoms with Gasteiger partial charge in [0.25, 0.3) is 0 Å². The molecule has 26 heavy (non-hydrogen) atoms. The first-order valence-electron chi connectivity index (χ1n) is 8.72. The second-order valence-electron chi connectivity index (χ2n) is 6.43. The number of piperidine rings is 1. The van der Waals surface area contributed by atoms with Crippen LogP contribution in [0.25, 0.3) is 6.08 Å². The molecular weight excluding hydrogens is 328 g/mol. The molecule has 2 aromatic heterocycles. The van der Waals surface area contributed by atoms with Gasteiger partial charge in [0.2, 0.25) is 11.8 Å². The zero-order valence-electron chi connectivity index (χ0n) is 14.8. The van der Waals surface area contributed by atoms with Gasteiger partial charge in [-0.15, -0.1) is 0 Å². The lowest BCUT2D eigenvalue weighted by molar-refractivity contribution is -0.130. The first-order chi connectivity index (χ1) is 12.6. The van der Waals surface area contributed by atoms with Gasteiger partial charge >= 0.3 is 0 Å². The van der Waals surface area contributed by atoms with Gasteiger partial charge in [-0.25, -0.2) is 4.98 Å². The quantitative estimate of drug-likeness (QED) is 0.860. The van der Waals surface area contributed by atoms with Crippen LogP contribution in [0.15, 0.2) is 48.9 Å². The Morgan fingerprint density at radius 1 is 1.23 bits per heavy atom. The topological polar surface area (TPSA) is 75.2 Å². The van der Waals surface area contributed by atoms with E-state index in [-0.39, 0.29) is 17.7 Å². The molecule has 0 aromatic carbocycles. The van der Waals surface area contributed by atoms with Crippen LogP contribution in [0, 0.1) is 12.8 Å². The molecule has 1 aliphatic heterocycles. The smallest absolute Gasteiger partial charge is 0.246 e. The summed E-state index contributed by atoms with van der Waals surface area (Å²) in [6.07, 6.45) is 9.72. The fourth-order valence-electron chi connectivity index (χ4n) is 2.94. The molecule has 1 saturated heterocycles. The van der Waals surface area contributed by atoms with E-state index >= 15 is 0 Å². The van der Waals surface area contributed by atoms with Crippen molar-refractivity contribution in [2.45, 2.75) is 19.8 Å². The van der Waals surface area contributed by atoms with Gasteiger partial charge in [-0.05, 0) is 55.2 Å². The van der Waals surface area contributed by atoms with Crippen molar-refractivity contribution in [1.29, 1.82) is 0 Å². The third kappa shape index (κ3) is 4.75. The number of likely N-dealkylation sites (tertiary alicyclic amines) is 1. The van der Waals surface area contributed by atoms with Gasteiger partial charge in [0.1, 0.15) is 5.82 Å². The molecular formula is C20H22N4O2. The Labute approximate surface area is 153 Å². The lowest BCUT2D eigenvalue weighted by Crippen LogP contribution is -2.40. The van der Waals surface area contributed by atoms with E-state index < -0.39 is 0 Å². The highest BCUT2D eigenvalue weighted by Crippen LogP contribution is 2.19. The van der Waals surface area contributed by atoms with Gasteiger partial charge in [0.05, 0.1) is 0 Å². The number of amides is 2. The zero-order chi connectivity index (χ0) is 18.4. The van der Waals surface area contributed by atoms with Gasteiger partial charge in [0.15, 0.2) is 0 Å². The van der Waals surface area contributed by atoms with Crippen LogP contribution >= 0.6 is 0 Å². The molecule has 3 rings (SSSR count). The van der Waals surface area contributed by atoms with Crippen LogP contribution in [0.4, 0.5) is 5.82 Å². The number of pyridine rings is 2. The summed E-state index contributed by atoms with van der Waals surface area (Å²) in [5.74, 6) is 0.422. The van der Waals surface area contributed by atoms with E-state index in [1.165, 1.54) is 0 Å². The minimum absolute atomic E-state index is 0.0268. The molecule has 6 nitrogen and oxygen atoms in total. The van der Waals surface area contributed by atoms with Crippen LogP contribution in [0.2, 0.25) is 0 Å². The van der Waals surface area contributed by atoms with Crippen LogP contribution in [0.3, 0.4) is 0 Å². The summed E-state index contributed by atoms with van der Waals surface area (Å²) in [6.45, 7) is 3.12. The Morgan fingerprint density at radius 3 is 2.73 bits per heavy atom. The van der Waals surface area contributed by atoms with Crippen molar-refractivity contribution < 1.29 is 9.59 Å². The summed E-state index contributed by atoms with van der Waals surface area (Å²) < 4.78 is 0. The lowest BCUT2D eigenvalue weighted by atomic mass is 9.96. The molecule has 0 saturated carbocycles. The van der Waals surface area contributed by atoms with Crippen LogP contribution in [-0.2, 0) is 9.59 Å². The molecule has 0 aliphatic carbocycles. The monoisotopic (exact) mass is 350 g/mol. The summed E-state index contributed by atoms with van der Waals surface area (Å²) in [6, 6.07) is 7.46. The average molecular weight is 350 g/mol. The minimum atomic E-state index is -0.0938. The van der Waals surface area contributed by atoms with Crippen LogP contribution in [0.5, 0.6) is 0 Å². The molecule has 2 aromatic rings. The highest BCUT2D eigenvalue weighted by atomic mass is 16.2. The van der Waals surface area contributed by atoms with Gasteiger partial charge in [-0.2, -0.15) is 0 Å². The average Bonchev–Trinajstić information content (AvgIpc) is 2.67. The first-order valence-corrected chi connectivity index (χ1v) is 8.72. The summed E-state index contributed by atoms with van der Waals surface area (Å²) in [7, 11) is 0. The largest absolute Gasteiger partial charge is 0.339 e. The fraction of sp³-hybridized carbons (Fsp3) is 0.300. The second-order valence-corrected chi connectivity index (χ2v) is 6.43. The number of anilines is 1. The van der Waals surface area contributed by atoms with Crippen molar-refractivity contribution in [2.75, 3.05) is 18.4 Å². The van der Waals surface area contributed by atoms with E-state index in [1.807, 2.05) is 31.2 Å². The number of nitrogens with one attached hydrogen (secondary N) is 1. The van der Waals surface area contributed by atoms with Gasteiger partial charge in [0, 0.05) is 43.7 Å². The standard InChI is InChI=1S/C20H22N4O2/c1-15-6-10-22-18(13-15)23-20(26)17-7-11-24(12-8-17)19(25)5-4-16-3-2-9-21-14-16/h2-6,9-10,13-14,17H,7-8,11-12H2,1H3,(H,22,23,26)/b5-4-. The van der Waals surface area contributed by atoms with E-state index in [2.05, 4.69) is 15.3 Å². The van der Waals surface area contributed by atoms with E-state index in [9.17, 15) is 9.59 Å². The number of carbonyl (C=O) groups excluding carboxylic acids is 2. The molecule has 0 bridgehead atoms. The highest BCUT2D eigenvalue weighted by Gasteiger charge is 2.26. The SMILES string of the molecule is Cc1ccnc(NC(=O)C2CCN(C(=O)/C=C\c3cccnc3)CC2)c1. The van der Waals surface area contributed by atoms with E-state index in [0.717, 1.165) is 11.1 Å². The van der Waals surface area contributed by atoms with Gasteiger partial charge in [-0.1, -0.05) is 6.07 Å². The molecule has 1 fully saturated rings. The molecule has 3 heterocycles. The normalized spacial score (nSPS) is 15.2. The van der Waals surface area contributed by atoms with Gasteiger partial charge < -0.3 is 10.2 Å². The van der Waals surface area contributed by atoms with Crippen LogP contribution in [-0.4, -0.2) is 39.8 Å².